The molecule has 3 aliphatic rings. The van der Waals surface area contributed by atoms with Gasteiger partial charge in [-0.3, -0.25) is 19.2 Å². The zero-order valence-corrected chi connectivity index (χ0v) is 33.7. The summed E-state index contributed by atoms with van der Waals surface area (Å²) in [5.74, 6) is 1.36. The molecule has 0 spiro atoms. The van der Waals surface area contributed by atoms with Crippen molar-refractivity contribution in [2.45, 2.75) is 139 Å². The van der Waals surface area contributed by atoms with Crippen LogP contribution in [0, 0.1) is 5.92 Å². The first-order valence-electron chi connectivity index (χ1n) is 20.0. The van der Waals surface area contributed by atoms with Crippen molar-refractivity contribution in [1.29, 1.82) is 0 Å². The third-order valence-electron chi connectivity index (χ3n) is 10.0. The molecule has 14 heteroatoms. The fraction of sp³-hybridized carbons (Fsp3) is 0.650. The first kappa shape index (κ1) is 43.2. The highest BCUT2D eigenvalue weighted by molar-refractivity contribution is 7.99. The van der Waals surface area contributed by atoms with Gasteiger partial charge in [0, 0.05) is 31.7 Å². The van der Waals surface area contributed by atoms with Crippen molar-refractivity contribution in [1.82, 2.24) is 20.6 Å². The van der Waals surface area contributed by atoms with E-state index in [9.17, 15) is 24.3 Å². The third-order valence-corrected chi connectivity index (χ3v) is 12.4. The summed E-state index contributed by atoms with van der Waals surface area (Å²) in [6, 6.07) is 7.89. The van der Waals surface area contributed by atoms with E-state index in [4.69, 9.17) is 10.1 Å². The van der Waals surface area contributed by atoms with Crippen LogP contribution in [0.4, 0.5) is 11.6 Å². The topological polar surface area (TPSA) is 174 Å². The molecular weight excluding hydrogens is 725 g/mol. The maximum Gasteiger partial charge on any atom is 0.306 e. The molecule has 2 aromatic rings. The van der Waals surface area contributed by atoms with E-state index in [0.717, 1.165) is 73.8 Å². The lowest BCUT2D eigenvalue weighted by atomic mass is 9.95. The molecular formula is C40H60N6O6S2. The van der Waals surface area contributed by atoms with Crippen LogP contribution in [-0.4, -0.2) is 87.2 Å². The Labute approximate surface area is 329 Å². The summed E-state index contributed by atoms with van der Waals surface area (Å²) in [7, 11) is 0. The molecule has 5 N–H and O–H groups in total. The minimum atomic E-state index is -0.850. The number of carbonyl (C=O) groups is 4. The minimum absolute atomic E-state index is 0.0173. The predicted octanol–water partition coefficient (Wildman–Crippen LogP) is 7.87. The Morgan fingerprint density at radius 1 is 0.704 bits per heavy atom. The van der Waals surface area contributed by atoms with Crippen LogP contribution in [0.25, 0.3) is 0 Å². The van der Waals surface area contributed by atoms with Gasteiger partial charge in [-0.15, -0.1) is 23.5 Å². The number of thioether (sulfide) groups is 2. The van der Waals surface area contributed by atoms with Gasteiger partial charge in [0.15, 0.2) is 0 Å². The number of aromatic nitrogens is 2. The Morgan fingerprint density at radius 2 is 1.26 bits per heavy atom. The molecule has 2 aliphatic carbocycles. The van der Waals surface area contributed by atoms with E-state index in [1.807, 2.05) is 12.1 Å². The average molecular weight is 785 g/mol. The normalized spacial score (nSPS) is 18.1. The zero-order chi connectivity index (χ0) is 38.7. The molecule has 298 valence electrons. The number of carboxylic acids is 2. The highest BCUT2D eigenvalue weighted by Gasteiger charge is 2.25. The summed E-state index contributed by atoms with van der Waals surface area (Å²) in [5.41, 5.74) is 1.27. The molecule has 0 radical (unpaired) electrons. The van der Waals surface area contributed by atoms with Gasteiger partial charge in [0.25, 0.3) is 11.8 Å². The molecule has 1 atom stereocenters. The Morgan fingerprint density at radius 3 is 1.80 bits per heavy atom. The summed E-state index contributed by atoms with van der Waals surface area (Å²) in [6.07, 6.45) is 15.7. The summed E-state index contributed by atoms with van der Waals surface area (Å²) in [6.45, 7) is 6.02. The van der Waals surface area contributed by atoms with Crippen LogP contribution in [-0.2, 0) is 9.59 Å². The number of hydrogen-bond donors (Lipinski definition) is 5. The highest BCUT2D eigenvalue weighted by atomic mass is 32.2. The van der Waals surface area contributed by atoms with E-state index < -0.39 is 11.9 Å². The first-order chi connectivity index (χ1) is 26.2. The van der Waals surface area contributed by atoms with Gasteiger partial charge in [-0.2, -0.15) is 0 Å². The van der Waals surface area contributed by atoms with Crippen molar-refractivity contribution >= 4 is 58.9 Å². The van der Waals surface area contributed by atoms with Crippen LogP contribution in [0.2, 0.25) is 0 Å². The quantitative estimate of drug-likeness (QED) is 0.104. The van der Waals surface area contributed by atoms with Crippen LogP contribution in [0.1, 0.15) is 137 Å². The number of aliphatic carboxylic acids is 2. The number of pyridine rings is 2. The SMILES string of the molecule is CCCSc1nc(N2CCCC(C(=O)O)CC2)ccc1C(=O)NC1CCCCC1.CCCSc1nc(NCCC(=O)O)ccc1C(=O)NC1CCCCC1. The van der Waals surface area contributed by atoms with Crippen LogP contribution < -0.4 is 20.9 Å². The molecule has 1 unspecified atom stereocenters. The number of nitrogens with one attached hydrogen (secondary N) is 3. The van der Waals surface area contributed by atoms with Gasteiger partial charge in [0.1, 0.15) is 21.7 Å². The van der Waals surface area contributed by atoms with Crippen LogP contribution in [0.5, 0.6) is 0 Å². The summed E-state index contributed by atoms with van der Waals surface area (Å²) >= 11 is 3.20. The maximum absolute atomic E-state index is 12.9. The lowest BCUT2D eigenvalue weighted by Crippen LogP contribution is -2.36. The lowest BCUT2D eigenvalue weighted by molar-refractivity contribution is -0.142. The zero-order valence-electron chi connectivity index (χ0n) is 32.1. The maximum atomic E-state index is 12.9. The van der Waals surface area contributed by atoms with Gasteiger partial charge in [-0.25, -0.2) is 9.97 Å². The number of amides is 2. The largest absolute Gasteiger partial charge is 0.481 e. The lowest BCUT2D eigenvalue weighted by Gasteiger charge is -2.24. The van der Waals surface area contributed by atoms with Crippen molar-refractivity contribution in [3.63, 3.8) is 0 Å². The van der Waals surface area contributed by atoms with Crippen molar-refractivity contribution in [2.75, 3.05) is 41.4 Å². The Hall–Kier alpha value is -3.52. The molecule has 0 aromatic carbocycles. The molecule has 2 saturated carbocycles. The highest BCUT2D eigenvalue weighted by Crippen LogP contribution is 2.29. The fourth-order valence-electron chi connectivity index (χ4n) is 7.00. The van der Waals surface area contributed by atoms with Crippen LogP contribution in [0.15, 0.2) is 34.3 Å². The second-order valence-electron chi connectivity index (χ2n) is 14.4. The monoisotopic (exact) mass is 784 g/mol. The molecule has 1 aliphatic heterocycles. The van der Waals surface area contributed by atoms with Gasteiger partial charge in [-0.05, 0) is 93.6 Å². The number of anilines is 2. The van der Waals surface area contributed by atoms with Gasteiger partial charge in [0.05, 0.1) is 23.5 Å². The van der Waals surface area contributed by atoms with Gasteiger partial charge in [-0.1, -0.05) is 52.4 Å². The summed E-state index contributed by atoms with van der Waals surface area (Å²) in [4.78, 5) is 59.0. The van der Waals surface area contributed by atoms with Crippen molar-refractivity contribution in [2.24, 2.45) is 5.92 Å². The minimum Gasteiger partial charge on any atom is -0.481 e. The van der Waals surface area contributed by atoms with E-state index in [1.165, 1.54) is 38.5 Å². The Kier molecular flexibility index (Phi) is 18.7. The number of carboxylic acid groups (broad SMARTS) is 2. The molecule has 2 amide bonds. The van der Waals surface area contributed by atoms with E-state index in [2.05, 4.69) is 39.7 Å². The summed E-state index contributed by atoms with van der Waals surface area (Å²) in [5, 5.41) is 28.9. The van der Waals surface area contributed by atoms with Crippen molar-refractivity contribution < 1.29 is 29.4 Å². The third kappa shape index (κ3) is 14.3. The fourth-order valence-corrected chi connectivity index (χ4v) is 8.75. The number of carbonyl (C=O) groups excluding carboxylic acids is 2. The molecule has 0 bridgehead atoms. The van der Waals surface area contributed by atoms with Crippen molar-refractivity contribution in [3.8, 4) is 0 Å². The van der Waals surface area contributed by atoms with E-state index >= 15 is 0 Å². The van der Waals surface area contributed by atoms with Gasteiger partial charge < -0.3 is 31.1 Å². The predicted molar refractivity (Wildman–Crippen MR) is 217 cm³/mol. The van der Waals surface area contributed by atoms with Crippen molar-refractivity contribution in [3.05, 3.63) is 35.4 Å². The molecule has 3 fully saturated rings. The molecule has 5 rings (SSSR count). The molecule has 3 heterocycles. The van der Waals surface area contributed by atoms with Gasteiger partial charge >= 0.3 is 11.9 Å². The standard InChI is InChI=1S/C22H33N3O3S.C18H27N3O3S/c1-2-15-29-21-18(20(26)23-17-8-4-3-5-9-17)10-11-19(24-21)25-13-6-7-16(12-14-25)22(27)28;1-2-12-25-18-14(17(24)20-13-6-4-3-5-7-13)8-9-15(21-18)19-11-10-16(22)23/h10-11,16-17H,2-9,12-15H2,1H3,(H,23,26)(H,27,28);8-9,13H,2-7,10-12H2,1H3,(H,19,21)(H,20,24)(H,22,23). The second-order valence-corrected chi connectivity index (χ2v) is 16.6. The number of rotatable bonds is 16. The first-order valence-corrected chi connectivity index (χ1v) is 22.0. The van der Waals surface area contributed by atoms with E-state index in [1.54, 1.807) is 35.7 Å². The number of nitrogens with zero attached hydrogens (tertiary/aromatic N) is 3. The van der Waals surface area contributed by atoms with E-state index in [0.29, 0.717) is 47.9 Å². The molecule has 1 saturated heterocycles. The average Bonchev–Trinajstić information content (AvgIpc) is 3.44. The summed E-state index contributed by atoms with van der Waals surface area (Å²) < 4.78 is 0. The molecule has 12 nitrogen and oxygen atoms in total. The Bertz CT molecular complexity index is 1520. The Balaban J connectivity index is 0.000000244. The van der Waals surface area contributed by atoms with Crippen LogP contribution in [0.3, 0.4) is 0 Å². The second kappa shape index (κ2) is 23.4. The molecule has 2 aromatic heterocycles. The van der Waals surface area contributed by atoms with Gasteiger partial charge in [0.2, 0.25) is 0 Å². The van der Waals surface area contributed by atoms with Crippen LogP contribution >= 0.6 is 23.5 Å². The number of hydrogen-bond acceptors (Lipinski definition) is 10. The van der Waals surface area contributed by atoms with E-state index in [-0.39, 0.29) is 36.2 Å². The molecule has 54 heavy (non-hydrogen) atoms. The smallest absolute Gasteiger partial charge is 0.306 e.